The summed E-state index contributed by atoms with van der Waals surface area (Å²) in [6, 6.07) is 12.6. The predicted molar refractivity (Wildman–Crippen MR) is 72.1 cm³/mol. The minimum Gasteiger partial charge on any atom is -0.379 e. The van der Waals surface area contributed by atoms with Gasteiger partial charge in [-0.25, -0.2) is 0 Å². The molecule has 0 fully saturated rings. The standard InChI is InChI=1S/C15H18N2/c1-3-13-6-8-14(9-7-13)17-11-15-12(2)5-4-10-16-15/h4-10,17H,3,11H2,1-2H3. The van der Waals surface area contributed by atoms with E-state index in [1.807, 2.05) is 12.3 Å². The van der Waals surface area contributed by atoms with Crippen molar-refractivity contribution in [2.75, 3.05) is 5.32 Å². The number of aryl methyl sites for hydroxylation is 2. The fourth-order valence-corrected chi connectivity index (χ4v) is 1.75. The minimum absolute atomic E-state index is 0.776. The number of hydrogen-bond donors (Lipinski definition) is 1. The molecule has 2 heteroatoms. The minimum atomic E-state index is 0.776. The molecular weight excluding hydrogens is 208 g/mol. The number of aromatic nitrogens is 1. The van der Waals surface area contributed by atoms with Crippen LogP contribution in [-0.4, -0.2) is 4.98 Å². The van der Waals surface area contributed by atoms with E-state index in [0.717, 1.165) is 24.3 Å². The maximum absolute atomic E-state index is 4.36. The molecule has 2 aromatic rings. The third-order valence-electron chi connectivity index (χ3n) is 2.94. The largest absolute Gasteiger partial charge is 0.379 e. The van der Waals surface area contributed by atoms with Crippen LogP contribution < -0.4 is 5.32 Å². The van der Waals surface area contributed by atoms with Gasteiger partial charge >= 0.3 is 0 Å². The van der Waals surface area contributed by atoms with Crippen LogP contribution in [0.15, 0.2) is 42.6 Å². The fourth-order valence-electron chi connectivity index (χ4n) is 1.75. The average molecular weight is 226 g/mol. The lowest BCUT2D eigenvalue weighted by Crippen LogP contribution is -2.03. The maximum Gasteiger partial charge on any atom is 0.0623 e. The summed E-state index contributed by atoms with van der Waals surface area (Å²) in [5.41, 5.74) is 4.84. The first-order valence-corrected chi connectivity index (χ1v) is 6.03. The quantitative estimate of drug-likeness (QED) is 0.862. The molecule has 2 rings (SSSR count). The zero-order valence-corrected chi connectivity index (χ0v) is 10.4. The number of hydrogen-bond acceptors (Lipinski definition) is 2. The molecule has 0 aliphatic carbocycles. The van der Waals surface area contributed by atoms with Gasteiger partial charge in [0.05, 0.1) is 12.2 Å². The first kappa shape index (κ1) is 11.6. The van der Waals surface area contributed by atoms with E-state index in [1.54, 1.807) is 0 Å². The van der Waals surface area contributed by atoms with Crippen LogP contribution in [0.1, 0.15) is 23.7 Å². The molecule has 17 heavy (non-hydrogen) atoms. The smallest absolute Gasteiger partial charge is 0.0623 e. The molecule has 1 aromatic carbocycles. The molecule has 1 N–H and O–H groups in total. The van der Waals surface area contributed by atoms with Gasteiger partial charge in [0.1, 0.15) is 0 Å². The monoisotopic (exact) mass is 226 g/mol. The lowest BCUT2D eigenvalue weighted by Gasteiger charge is -2.08. The normalized spacial score (nSPS) is 10.2. The van der Waals surface area contributed by atoms with Crippen LogP contribution in [0.5, 0.6) is 0 Å². The van der Waals surface area contributed by atoms with Crippen LogP contribution in [0.25, 0.3) is 0 Å². The molecule has 2 nitrogen and oxygen atoms in total. The van der Waals surface area contributed by atoms with E-state index in [1.165, 1.54) is 11.1 Å². The van der Waals surface area contributed by atoms with E-state index in [0.29, 0.717) is 0 Å². The Hall–Kier alpha value is -1.83. The topological polar surface area (TPSA) is 24.9 Å². The molecule has 88 valence electrons. The second-order valence-electron chi connectivity index (χ2n) is 4.17. The molecule has 0 unspecified atom stereocenters. The van der Waals surface area contributed by atoms with Crippen LogP contribution in [0.3, 0.4) is 0 Å². The van der Waals surface area contributed by atoms with Crippen molar-refractivity contribution in [2.24, 2.45) is 0 Å². The molecule has 0 aliphatic rings. The molecule has 0 radical (unpaired) electrons. The fraction of sp³-hybridized carbons (Fsp3) is 0.267. The zero-order valence-electron chi connectivity index (χ0n) is 10.4. The first-order valence-electron chi connectivity index (χ1n) is 6.03. The van der Waals surface area contributed by atoms with Crippen molar-refractivity contribution in [3.63, 3.8) is 0 Å². The Morgan fingerprint density at radius 3 is 2.53 bits per heavy atom. The maximum atomic E-state index is 4.36. The number of anilines is 1. The van der Waals surface area contributed by atoms with Crippen molar-refractivity contribution in [1.29, 1.82) is 0 Å². The number of pyridine rings is 1. The third-order valence-corrected chi connectivity index (χ3v) is 2.94. The first-order chi connectivity index (χ1) is 8.29. The summed E-state index contributed by atoms with van der Waals surface area (Å²) in [6.07, 6.45) is 2.92. The van der Waals surface area contributed by atoms with Crippen molar-refractivity contribution in [1.82, 2.24) is 4.98 Å². The Balaban J connectivity index is 2.00. The van der Waals surface area contributed by atoms with Crippen molar-refractivity contribution in [3.05, 3.63) is 59.4 Å². The van der Waals surface area contributed by atoms with Gasteiger partial charge in [0, 0.05) is 11.9 Å². The highest BCUT2D eigenvalue weighted by molar-refractivity contribution is 5.45. The summed E-state index contributed by atoms with van der Waals surface area (Å²) in [7, 11) is 0. The molecule has 0 saturated carbocycles. The van der Waals surface area contributed by atoms with Gasteiger partial charge in [-0.3, -0.25) is 4.98 Å². The number of rotatable bonds is 4. The van der Waals surface area contributed by atoms with Crippen molar-refractivity contribution in [2.45, 2.75) is 26.8 Å². The van der Waals surface area contributed by atoms with Gasteiger partial charge in [0.25, 0.3) is 0 Å². The van der Waals surface area contributed by atoms with E-state index >= 15 is 0 Å². The number of nitrogens with zero attached hydrogens (tertiary/aromatic N) is 1. The average Bonchev–Trinajstić information content (AvgIpc) is 2.38. The van der Waals surface area contributed by atoms with Gasteiger partial charge in [0.15, 0.2) is 0 Å². The Morgan fingerprint density at radius 2 is 1.88 bits per heavy atom. The Bertz CT molecular complexity index is 475. The summed E-state index contributed by atoms with van der Waals surface area (Å²) >= 11 is 0. The molecular formula is C15H18N2. The van der Waals surface area contributed by atoms with Crippen LogP contribution in [0, 0.1) is 6.92 Å². The SMILES string of the molecule is CCc1ccc(NCc2ncccc2C)cc1. The van der Waals surface area contributed by atoms with Crippen molar-refractivity contribution < 1.29 is 0 Å². The van der Waals surface area contributed by atoms with Gasteiger partial charge in [0.2, 0.25) is 0 Å². The summed E-state index contributed by atoms with van der Waals surface area (Å²) in [5, 5.41) is 3.39. The van der Waals surface area contributed by atoms with Gasteiger partial charge < -0.3 is 5.32 Å². The Kier molecular flexibility index (Phi) is 3.76. The Labute approximate surface area is 103 Å². The molecule has 0 saturated heterocycles. The van der Waals surface area contributed by atoms with Crippen molar-refractivity contribution in [3.8, 4) is 0 Å². The van der Waals surface area contributed by atoms with E-state index in [2.05, 4.69) is 54.5 Å². The van der Waals surface area contributed by atoms with Gasteiger partial charge in [-0.05, 0) is 42.7 Å². The number of benzene rings is 1. The van der Waals surface area contributed by atoms with Gasteiger partial charge in [-0.2, -0.15) is 0 Å². The second kappa shape index (κ2) is 5.48. The number of nitrogens with one attached hydrogen (secondary N) is 1. The molecule has 0 aliphatic heterocycles. The van der Waals surface area contributed by atoms with Crippen molar-refractivity contribution >= 4 is 5.69 Å². The molecule has 0 bridgehead atoms. The van der Waals surface area contributed by atoms with E-state index in [-0.39, 0.29) is 0 Å². The summed E-state index contributed by atoms with van der Waals surface area (Å²) in [6.45, 7) is 5.03. The van der Waals surface area contributed by atoms with Gasteiger partial charge in [-0.15, -0.1) is 0 Å². The summed E-state index contributed by atoms with van der Waals surface area (Å²) in [4.78, 5) is 4.36. The van der Waals surface area contributed by atoms with E-state index in [9.17, 15) is 0 Å². The summed E-state index contributed by atoms with van der Waals surface area (Å²) < 4.78 is 0. The molecule has 0 atom stereocenters. The molecule has 0 spiro atoms. The second-order valence-corrected chi connectivity index (χ2v) is 4.17. The van der Waals surface area contributed by atoms with Crippen LogP contribution in [0.4, 0.5) is 5.69 Å². The highest BCUT2D eigenvalue weighted by Gasteiger charge is 1.98. The Morgan fingerprint density at radius 1 is 1.12 bits per heavy atom. The molecule has 0 amide bonds. The predicted octanol–water partition coefficient (Wildman–Crippen LogP) is 3.56. The molecule has 1 aromatic heterocycles. The summed E-state index contributed by atoms with van der Waals surface area (Å²) in [5.74, 6) is 0. The van der Waals surface area contributed by atoms with E-state index in [4.69, 9.17) is 0 Å². The zero-order chi connectivity index (χ0) is 12.1. The highest BCUT2D eigenvalue weighted by atomic mass is 14.9. The highest BCUT2D eigenvalue weighted by Crippen LogP contribution is 2.12. The lowest BCUT2D eigenvalue weighted by molar-refractivity contribution is 1.02. The lowest BCUT2D eigenvalue weighted by atomic mass is 10.1. The van der Waals surface area contributed by atoms with E-state index < -0.39 is 0 Å². The van der Waals surface area contributed by atoms with Crippen LogP contribution >= 0.6 is 0 Å². The van der Waals surface area contributed by atoms with Gasteiger partial charge in [-0.1, -0.05) is 25.1 Å². The molecule has 1 heterocycles. The third kappa shape index (κ3) is 3.06. The van der Waals surface area contributed by atoms with Crippen LogP contribution in [0.2, 0.25) is 0 Å². The van der Waals surface area contributed by atoms with Crippen LogP contribution in [-0.2, 0) is 13.0 Å².